The Morgan fingerprint density at radius 3 is 2.95 bits per heavy atom. The molecule has 1 saturated heterocycles. The van der Waals surface area contributed by atoms with Gasteiger partial charge < -0.3 is 0 Å². The van der Waals surface area contributed by atoms with Gasteiger partial charge in [0.1, 0.15) is 5.82 Å². The lowest BCUT2D eigenvalue weighted by Crippen LogP contribution is -2.47. The van der Waals surface area contributed by atoms with E-state index < -0.39 is 10.0 Å². The van der Waals surface area contributed by atoms with Gasteiger partial charge in [0.15, 0.2) is 0 Å². The van der Waals surface area contributed by atoms with Crippen LogP contribution in [0.3, 0.4) is 0 Å². The van der Waals surface area contributed by atoms with E-state index in [2.05, 4.69) is 9.62 Å². The number of nitrogens with zero attached hydrogens (tertiary/aromatic N) is 1. The van der Waals surface area contributed by atoms with Gasteiger partial charge in [0.05, 0.1) is 6.26 Å². The van der Waals surface area contributed by atoms with E-state index in [1.54, 1.807) is 6.07 Å². The van der Waals surface area contributed by atoms with Crippen molar-refractivity contribution >= 4 is 21.6 Å². The maximum absolute atomic E-state index is 13.2. The fourth-order valence-corrected chi connectivity index (χ4v) is 3.48. The van der Waals surface area contributed by atoms with E-state index in [1.165, 1.54) is 12.1 Å². The summed E-state index contributed by atoms with van der Waals surface area (Å²) in [4.78, 5) is 2.09. The van der Waals surface area contributed by atoms with Crippen LogP contribution in [0.4, 0.5) is 4.39 Å². The Balaban J connectivity index is 2.01. The van der Waals surface area contributed by atoms with E-state index in [0.29, 0.717) is 18.1 Å². The summed E-state index contributed by atoms with van der Waals surface area (Å²) in [6.45, 7) is 1.99. The highest BCUT2D eigenvalue weighted by Gasteiger charge is 2.22. The van der Waals surface area contributed by atoms with Crippen LogP contribution in [0.5, 0.6) is 0 Å². The third-order valence-corrected chi connectivity index (χ3v) is 4.42. The van der Waals surface area contributed by atoms with Crippen LogP contribution in [-0.4, -0.2) is 38.7 Å². The first-order valence-corrected chi connectivity index (χ1v) is 8.74. The standard InChI is InChI=1S/C13H18ClFN2O2S/c1-20(18,19)16-12-3-2-6-17(9-12)8-10-7-11(15)4-5-13(10)14/h4-5,7,12,16H,2-3,6,8-9H2,1H3. The van der Waals surface area contributed by atoms with Crippen molar-refractivity contribution < 1.29 is 12.8 Å². The molecule has 1 heterocycles. The molecule has 1 aromatic rings. The van der Waals surface area contributed by atoms with Crippen LogP contribution in [0.1, 0.15) is 18.4 Å². The molecule has 7 heteroatoms. The lowest BCUT2D eigenvalue weighted by molar-refractivity contribution is 0.194. The van der Waals surface area contributed by atoms with E-state index in [0.717, 1.165) is 31.2 Å². The van der Waals surface area contributed by atoms with Crippen LogP contribution in [0.25, 0.3) is 0 Å². The number of hydrogen-bond donors (Lipinski definition) is 1. The number of halogens is 2. The fraction of sp³-hybridized carbons (Fsp3) is 0.538. The van der Waals surface area contributed by atoms with Crippen molar-refractivity contribution in [1.29, 1.82) is 0 Å². The molecule has 4 nitrogen and oxygen atoms in total. The molecule has 112 valence electrons. The molecule has 1 atom stereocenters. The van der Waals surface area contributed by atoms with Gasteiger partial charge in [-0.05, 0) is 43.1 Å². The van der Waals surface area contributed by atoms with Crippen molar-refractivity contribution in [2.75, 3.05) is 19.3 Å². The molecule has 1 N–H and O–H groups in total. The monoisotopic (exact) mass is 320 g/mol. The predicted octanol–water partition coefficient (Wildman–Crippen LogP) is 1.99. The Kier molecular flexibility index (Phi) is 5.01. The van der Waals surface area contributed by atoms with E-state index >= 15 is 0 Å². The molecule has 0 saturated carbocycles. The average molecular weight is 321 g/mol. The third kappa shape index (κ3) is 4.70. The second-order valence-electron chi connectivity index (χ2n) is 5.20. The Bertz CT molecular complexity index is 580. The summed E-state index contributed by atoms with van der Waals surface area (Å²) >= 11 is 6.05. The van der Waals surface area contributed by atoms with Gasteiger partial charge in [-0.3, -0.25) is 4.90 Å². The fourth-order valence-electron chi connectivity index (χ4n) is 2.50. The summed E-state index contributed by atoms with van der Waals surface area (Å²) in [6.07, 6.45) is 2.88. The first-order chi connectivity index (χ1) is 9.33. The Labute approximate surface area is 124 Å². The molecule has 0 radical (unpaired) electrons. The van der Waals surface area contributed by atoms with E-state index in [4.69, 9.17) is 11.6 Å². The van der Waals surface area contributed by atoms with Gasteiger partial charge in [0.2, 0.25) is 10.0 Å². The molecule has 0 amide bonds. The van der Waals surface area contributed by atoms with Crippen LogP contribution in [-0.2, 0) is 16.6 Å². The minimum absolute atomic E-state index is 0.0916. The number of likely N-dealkylation sites (tertiary alicyclic amines) is 1. The normalized spacial score (nSPS) is 21.1. The van der Waals surface area contributed by atoms with Crippen molar-refractivity contribution in [3.05, 3.63) is 34.6 Å². The number of piperidine rings is 1. The van der Waals surface area contributed by atoms with Crippen molar-refractivity contribution in [3.8, 4) is 0 Å². The smallest absolute Gasteiger partial charge is 0.208 e. The second kappa shape index (κ2) is 6.39. The molecule has 2 rings (SSSR count). The summed E-state index contributed by atoms with van der Waals surface area (Å²) in [5.41, 5.74) is 0.728. The predicted molar refractivity (Wildman–Crippen MR) is 77.7 cm³/mol. The SMILES string of the molecule is CS(=O)(=O)NC1CCCN(Cc2cc(F)ccc2Cl)C1. The zero-order valence-corrected chi connectivity index (χ0v) is 12.8. The highest BCUT2D eigenvalue weighted by atomic mass is 35.5. The topological polar surface area (TPSA) is 49.4 Å². The minimum Gasteiger partial charge on any atom is -0.297 e. The number of nitrogens with one attached hydrogen (secondary N) is 1. The molecular weight excluding hydrogens is 303 g/mol. The van der Waals surface area contributed by atoms with E-state index in [1.807, 2.05) is 0 Å². The Hall–Kier alpha value is -0.690. The molecular formula is C13H18ClFN2O2S. The molecule has 0 spiro atoms. The van der Waals surface area contributed by atoms with Gasteiger partial charge in [-0.2, -0.15) is 0 Å². The van der Waals surface area contributed by atoms with Crippen LogP contribution in [0.2, 0.25) is 5.02 Å². The molecule has 1 aromatic carbocycles. The van der Waals surface area contributed by atoms with Gasteiger partial charge in [0.25, 0.3) is 0 Å². The Morgan fingerprint density at radius 1 is 1.50 bits per heavy atom. The maximum Gasteiger partial charge on any atom is 0.208 e. The van der Waals surface area contributed by atoms with Crippen molar-refractivity contribution in [2.24, 2.45) is 0 Å². The van der Waals surface area contributed by atoms with Gasteiger partial charge in [0, 0.05) is 24.2 Å². The van der Waals surface area contributed by atoms with Crippen LogP contribution >= 0.6 is 11.6 Å². The first kappa shape index (κ1) is 15.7. The third-order valence-electron chi connectivity index (χ3n) is 3.29. The number of sulfonamides is 1. The second-order valence-corrected chi connectivity index (χ2v) is 7.39. The molecule has 1 fully saturated rings. The summed E-state index contributed by atoms with van der Waals surface area (Å²) in [5.74, 6) is -0.313. The number of hydrogen-bond acceptors (Lipinski definition) is 3. The lowest BCUT2D eigenvalue weighted by Gasteiger charge is -2.32. The lowest BCUT2D eigenvalue weighted by atomic mass is 10.1. The first-order valence-electron chi connectivity index (χ1n) is 6.47. The van der Waals surface area contributed by atoms with Crippen LogP contribution < -0.4 is 4.72 Å². The van der Waals surface area contributed by atoms with Crippen molar-refractivity contribution in [2.45, 2.75) is 25.4 Å². The van der Waals surface area contributed by atoms with Crippen LogP contribution in [0.15, 0.2) is 18.2 Å². The van der Waals surface area contributed by atoms with E-state index in [9.17, 15) is 12.8 Å². The van der Waals surface area contributed by atoms with Gasteiger partial charge >= 0.3 is 0 Å². The molecule has 0 bridgehead atoms. The maximum atomic E-state index is 13.2. The quantitative estimate of drug-likeness (QED) is 0.923. The molecule has 0 aliphatic carbocycles. The highest BCUT2D eigenvalue weighted by Crippen LogP contribution is 2.21. The number of rotatable bonds is 4. The Morgan fingerprint density at radius 2 is 2.25 bits per heavy atom. The summed E-state index contributed by atoms with van der Waals surface area (Å²) in [7, 11) is -3.20. The average Bonchev–Trinajstić information content (AvgIpc) is 2.32. The molecule has 1 unspecified atom stereocenters. The molecule has 1 aliphatic rings. The largest absolute Gasteiger partial charge is 0.297 e. The summed E-state index contributed by atoms with van der Waals surface area (Å²) in [5, 5.41) is 0.532. The minimum atomic E-state index is -3.20. The summed E-state index contributed by atoms with van der Waals surface area (Å²) < 4.78 is 38.4. The van der Waals surface area contributed by atoms with Crippen molar-refractivity contribution in [3.63, 3.8) is 0 Å². The van der Waals surface area contributed by atoms with Crippen molar-refractivity contribution in [1.82, 2.24) is 9.62 Å². The highest BCUT2D eigenvalue weighted by molar-refractivity contribution is 7.88. The van der Waals surface area contributed by atoms with Gasteiger partial charge in [-0.25, -0.2) is 17.5 Å². The zero-order chi connectivity index (χ0) is 14.8. The van der Waals surface area contributed by atoms with Gasteiger partial charge in [-0.15, -0.1) is 0 Å². The molecule has 1 aliphatic heterocycles. The number of benzene rings is 1. The van der Waals surface area contributed by atoms with Crippen LogP contribution in [0, 0.1) is 5.82 Å². The summed E-state index contributed by atoms with van der Waals surface area (Å²) in [6, 6.07) is 4.21. The molecule has 20 heavy (non-hydrogen) atoms. The van der Waals surface area contributed by atoms with Gasteiger partial charge in [-0.1, -0.05) is 11.6 Å². The molecule has 0 aromatic heterocycles. The van der Waals surface area contributed by atoms with E-state index in [-0.39, 0.29) is 11.9 Å². The zero-order valence-electron chi connectivity index (χ0n) is 11.3.